The molecule has 1 aromatic heterocycles. The Kier molecular flexibility index (Phi) is 3.20. The summed E-state index contributed by atoms with van der Waals surface area (Å²) in [6.07, 6.45) is 3.13. The molecule has 4 nitrogen and oxygen atoms in total. The lowest BCUT2D eigenvalue weighted by Gasteiger charge is -2.32. The highest BCUT2D eigenvalue weighted by molar-refractivity contribution is 6.06. The number of anilines is 1. The number of hydrogen-bond acceptors (Lipinski definition) is 3. The predicted octanol–water partition coefficient (Wildman–Crippen LogP) is 2.27. The van der Waals surface area contributed by atoms with Crippen LogP contribution in [-0.4, -0.2) is 17.4 Å². The van der Waals surface area contributed by atoms with Crippen LogP contribution in [0.5, 0.6) is 0 Å². The Morgan fingerprint density at radius 3 is 2.95 bits per heavy atom. The van der Waals surface area contributed by atoms with E-state index < -0.39 is 5.82 Å². The van der Waals surface area contributed by atoms with Crippen LogP contribution < -0.4 is 10.6 Å². The molecule has 20 heavy (non-hydrogen) atoms. The first-order chi connectivity index (χ1) is 9.68. The highest BCUT2D eigenvalue weighted by Gasteiger charge is 2.28. The number of aromatic nitrogens is 1. The molecule has 0 saturated heterocycles. The van der Waals surface area contributed by atoms with E-state index in [1.54, 1.807) is 4.90 Å². The van der Waals surface area contributed by atoms with Crippen LogP contribution in [0, 0.1) is 5.82 Å². The Balaban J connectivity index is 2.02. The average Bonchev–Trinajstić information content (AvgIpc) is 2.48. The third kappa shape index (κ3) is 2.06. The minimum absolute atomic E-state index is 0.0327. The first kappa shape index (κ1) is 12.7. The molecule has 1 aliphatic heterocycles. The number of hydrogen-bond donors (Lipinski definition) is 1. The SMILES string of the molecule is NC1CCN(C(=O)c2ccncc2F)c2ccccc21. The Labute approximate surface area is 116 Å². The van der Waals surface area contributed by atoms with Crippen molar-refractivity contribution in [3.05, 3.63) is 59.7 Å². The molecule has 0 spiro atoms. The van der Waals surface area contributed by atoms with E-state index in [4.69, 9.17) is 5.73 Å². The molecule has 2 aromatic rings. The van der Waals surface area contributed by atoms with Crippen molar-refractivity contribution in [2.45, 2.75) is 12.5 Å². The minimum atomic E-state index is -0.607. The highest BCUT2D eigenvalue weighted by atomic mass is 19.1. The third-order valence-electron chi connectivity index (χ3n) is 3.54. The van der Waals surface area contributed by atoms with Crippen molar-refractivity contribution in [1.29, 1.82) is 0 Å². The first-order valence-corrected chi connectivity index (χ1v) is 6.44. The zero-order valence-corrected chi connectivity index (χ0v) is 10.8. The van der Waals surface area contributed by atoms with E-state index in [1.807, 2.05) is 24.3 Å². The molecule has 0 fully saturated rings. The maximum Gasteiger partial charge on any atom is 0.261 e. The summed E-state index contributed by atoms with van der Waals surface area (Å²) in [6, 6.07) is 8.79. The van der Waals surface area contributed by atoms with Crippen molar-refractivity contribution in [2.24, 2.45) is 5.73 Å². The third-order valence-corrected chi connectivity index (χ3v) is 3.54. The molecule has 2 heterocycles. The number of para-hydroxylation sites is 1. The molecule has 1 unspecified atom stereocenters. The quantitative estimate of drug-likeness (QED) is 0.865. The fourth-order valence-electron chi connectivity index (χ4n) is 2.50. The van der Waals surface area contributed by atoms with Gasteiger partial charge in [-0.2, -0.15) is 0 Å². The van der Waals surface area contributed by atoms with Crippen LogP contribution in [0.3, 0.4) is 0 Å². The predicted molar refractivity (Wildman–Crippen MR) is 73.9 cm³/mol. The van der Waals surface area contributed by atoms with Crippen molar-refractivity contribution < 1.29 is 9.18 Å². The Bertz CT molecular complexity index is 659. The maximum atomic E-state index is 13.7. The largest absolute Gasteiger partial charge is 0.324 e. The number of carbonyl (C=O) groups excluding carboxylic acids is 1. The van der Waals surface area contributed by atoms with Crippen LogP contribution in [0.1, 0.15) is 28.4 Å². The smallest absolute Gasteiger partial charge is 0.261 e. The summed E-state index contributed by atoms with van der Waals surface area (Å²) in [4.78, 5) is 17.8. The van der Waals surface area contributed by atoms with Crippen molar-refractivity contribution in [2.75, 3.05) is 11.4 Å². The van der Waals surface area contributed by atoms with E-state index in [1.165, 1.54) is 12.3 Å². The van der Waals surface area contributed by atoms with E-state index in [-0.39, 0.29) is 17.5 Å². The molecule has 3 rings (SSSR count). The lowest BCUT2D eigenvalue weighted by Crippen LogP contribution is -2.38. The maximum absolute atomic E-state index is 13.7. The van der Waals surface area contributed by atoms with Crippen LogP contribution in [0.15, 0.2) is 42.7 Å². The van der Waals surface area contributed by atoms with Crippen LogP contribution >= 0.6 is 0 Å². The van der Waals surface area contributed by atoms with E-state index in [0.717, 1.165) is 17.4 Å². The molecule has 1 aromatic carbocycles. The topological polar surface area (TPSA) is 59.2 Å². The number of benzene rings is 1. The molecule has 1 amide bonds. The van der Waals surface area contributed by atoms with E-state index in [2.05, 4.69) is 4.98 Å². The van der Waals surface area contributed by atoms with Crippen LogP contribution in [0.2, 0.25) is 0 Å². The number of rotatable bonds is 1. The van der Waals surface area contributed by atoms with E-state index in [0.29, 0.717) is 13.0 Å². The Morgan fingerprint density at radius 2 is 2.15 bits per heavy atom. The number of halogens is 1. The summed E-state index contributed by atoms with van der Waals surface area (Å²) < 4.78 is 13.7. The second kappa shape index (κ2) is 5.02. The summed E-state index contributed by atoms with van der Waals surface area (Å²) >= 11 is 0. The number of carbonyl (C=O) groups is 1. The number of nitrogens with two attached hydrogens (primary N) is 1. The molecule has 0 saturated carbocycles. The fraction of sp³-hybridized carbons (Fsp3) is 0.200. The summed E-state index contributed by atoms with van der Waals surface area (Å²) in [5.74, 6) is -0.964. The number of fused-ring (bicyclic) bond motifs is 1. The van der Waals surface area contributed by atoms with Crippen molar-refractivity contribution in [1.82, 2.24) is 4.98 Å². The van der Waals surface area contributed by atoms with Gasteiger partial charge in [-0.1, -0.05) is 18.2 Å². The Hall–Kier alpha value is -2.27. The van der Waals surface area contributed by atoms with Crippen LogP contribution in [-0.2, 0) is 0 Å². The normalized spacial score (nSPS) is 17.7. The summed E-state index contributed by atoms with van der Waals surface area (Å²) in [5, 5.41) is 0. The summed E-state index contributed by atoms with van der Waals surface area (Å²) in [6.45, 7) is 0.485. The van der Waals surface area contributed by atoms with E-state index in [9.17, 15) is 9.18 Å². The van der Waals surface area contributed by atoms with E-state index >= 15 is 0 Å². The van der Waals surface area contributed by atoms with Crippen molar-refractivity contribution >= 4 is 11.6 Å². The molecular weight excluding hydrogens is 257 g/mol. The van der Waals surface area contributed by atoms with Gasteiger partial charge in [-0.05, 0) is 24.1 Å². The minimum Gasteiger partial charge on any atom is -0.324 e. The Morgan fingerprint density at radius 1 is 1.35 bits per heavy atom. The lowest BCUT2D eigenvalue weighted by atomic mass is 9.96. The molecule has 1 aliphatic rings. The summed E-state index contributed by atoms with van der Waals surface area (Å²) in [5.41, 5.74) is 7.76. The van der Waals surface area contributed by atoms with Gasteiger partial charge in [0, 0.05) is 24.5 Å². The molecule has 0 aliphatic carbocycles. The van der Waals surface area contributed by atoms with Crippen molar-refractivity contribution in [3.63, 3.8) is 0 Å². The zero-order chi connectivity index (χ0) is 14.1. The van der Waals surface area contributed by atoms with Gasteiger partial charge in [0.2, 0.25) is 0 Å². The zero-order valence-electron chi connectivity index (χ0n) is 10.8. The summed E-state index contributed by atoms with van der Waals surface area (Å²) in [7, 11) is 0. The fourth-order valence-corrected chi connectivity index (χ4v) is 2.50. The van der Waals surface area contributed by atoms with Gasteiger partial charge >= 0.3 is 0 Å². The molecule has 1 atom stereocenters. The van der Waals surface area contributed by atoms with Gasteiger partial charge in [-0.15, -0.1) is 0 Å². The second-order valence-electron chi connectivity index (χ2n) is 4.77. The number of pyridine rings is 1. The molecule has 2 N–H and O–H groups in total. The van der Waals surface area contributed by atoms with Crippen LogP contribution in [0.4, 0.5) is 10.1 Å². The van der Waals surface area contributed by atoms with Crippen molar-refractivity contribution in [3.8, 4) is 0 Å². The lowest BCUT2D eigenvalue weighted by molar-refractivity contribution is 0.0980. The van der Waals surface area contributed by atoms with Gasteiger partial charge < -0.3 is 10.6 Å². The van der Waals surface area contributed by atoms with Gasteiger partial charge in [0.15, 0.2) is 5.82 Å². The second-order valence-corrected chi connectivity index (χ2v) is 4.77. The molecule has 5 heteroatoms. The monoisotopic (exact) mass is 271 g/mol. The average molecular weight is 271 g/mol. The van der Waals surface area contributed by atoms with Gasteiger partial charge in [-0.3, -0.25) is 9.78 Å². The molecule has 0 bridgehead atoms. The molecular formula is C15H14FN3O. The van der Waals surface area contributed by atoms with Gasteiger partial charge in [0.05, 0.1) is 11.8 Å². The highest BCUT2D eigenvalue weighted by Crippen LogP contribution is 2.33. The first-order valence-electron chi connectivity index (χ1n) is 6.44. The van der Waals surface area contributed by atoms with Gasteiger partial charge in [-0.25, -0.2) is 4.39 Å². The molecule has 102 valence electrons. The van der Waals surface area contributed by atoms with Gasteiger partial charge in [0.1, 0.15) is 0 Å². The number of amides is 1. The molecule has 0 radical (unpaired) electrons. The number of nitrogens with zero attached hydrogens (tertiary/aromatic N) is 2. The van der Waals surface area contributed by atoms with Crippen LogP contribution in [0.25, 0.3) is 0 Å². The standard InChI is InChI=1S/C15H14FN3O/c16-12-9-18-7-5-10(12)15(20)19-8-6-13(17)11-3-1-2-4-14(11)19/h1-5,7,9,13H,6,8,17H2. The van der Waals surface area contributed by atoms with Gasteiger partial charge in [0.25, 0.3) is 5.91 Å².